The quantitative estimate of drug-likeness (QED) is 0.326. The fourth-order valence-corrected chi connectivity index (χ4v) is 2.66. The second-order valence-corrected chi connectivity index (χ2v) is 4.59. The number of rotatable bonds is 0. The molecule has 0 aliphatic heterocycles. The van der Waals surface area contributed by atoms with Crippen molar-refractivity contribution in [3.05, 3.63) is 8.85 Å². The molecule has 1 heterocycles. The molecule has 0 N–H and O–H groups in total. The van der Waals surface area contributed by atoms with E-state index in [1.807, 2.05) is 0 Å². The van der Waals surface area contributed by atoms with Gasteiger partial charge in [0.15, 0.2) is 0 Å². The normalized spacial score (nSPS) is 7.60. The Morgan fingerprint density at radius 1 is 1.00 bits per heavy atom. The Morgan fingerprint density at radius 2 is 1.30 bits per heavy atom. The monoisotopic (exact) mass is 226 g/mol. The average molecular weight is 226 g/mol. The van der Waals surface area contributed by atoms with Crippen LogP contribution in [0.15, 0.2) is 13.2 Å². The maximum absolute atomic E-state index is 10.4. The van der Waals surface area contributed by atoms with E-state index >= 15 is 0 Å². The number of hydrogen-bond acceptors (Lipinski definition) is 5. The van der Waals surface area contributed by atoms with E-state index in [9.17, 15) is 4.79 Å². The Kier molecular flexibility index (Phi) is 10.0. The van der Waals surface area contributed by atoms with Crippen LogP contribution in [0.2, 0.25) is 0 Å². The Labute approximate surface area is 122 Å². The first-order valence-corrected chi connectivity index (χ1v) is 4.13. The van der Waals surface area contributed by atoms with E-state index in [1.54, 1.807) is 0 Å². The minimum absolute atomic E-state index is 0. The van der Waals surface area contributed by atoms with Gasteiger partial charge in [0.25, 0.3) is 0 Å². The van der Waals surface area contributed by atoms with Gasteiger partial charge >= 0.3 is 59.1 Å². The second kappa shape index (κ2) is 6.77. The third kappa shape index (κ3) is 4.35. The summed E-state index contributed by atoms with van der Waals surface area (Å²) in [5, 5.41) is 0. The summed E-state index contributed by atoms with van der Waals surface area (Å²) >= 11 is 11.5. The van der Waals surface area contributed by atoms with Gasteiger partial charge in [-0.3, -0.25) is 0 Å². The van der Waals surface area contributed by atoms with Crippen molar-refractivity contribution < 1.29 is 59.1 Å². The van der Waals surface area contributed by atoms with Crippen LogP contribution in [0.1, 0.15) is 0 Å². The van der Waals surface area contributed by atoms with Crippen molar-refractivity contribution in [3.8, 4) is 0 Å². The summed E-state index contributed by atoms with van der Waals surface area (Å²) in [6.45, 7) is 0. The Morgan fingerprint density at radius 3 is 1.40 bits per heavy atom. The predicted molar refractivity (Wildman–Crippen MR) is 39.7 cm³/mol. The van der Waals surface area contributed by atoms with Crippen LogP contribution >= 0.6 is 22.7 Å². The van der Waals surface area contributed by atoms with Gasteiger partial charge in [-0.1, -0.05) is 0 Å². The summed E-state index contributed by atoms with van der Waals surface area (Å²) in [6, 6.07) is 0. The van der Waals surface area contributed by atoms with E-state index in [0.717, 1.165) is 22.7 Å². The molecule has 0 atom stereocenters. The maximum atomic E-state index is 10.4. The van der Waals surface area contributed by atoms with Gasteiger partial charge in [-0.15, -0.1) is 8.42 Å². The van der Waals surface area contributed by atoms with Gasteiger partial charge < -0.3 is 52.7 Å². The molecule has 7 heteroatoms. The molecule has 0 fully saturated rings. The molecule has 0 aromatic carbocycles. The minimum Gasteiger partial charge on any atom is -0.429 e. The van der Waals surface area contributed by atoms with Gasteiger partial charge in [0.1, 0.15) is 4.06 Å². The zero-order valence-electron chi connectivity index (χ0n) is 5.54. The fraction of sp³-hybridized carbons (Fsp3) is 0. The zero-order valence-corrected chi connectivity index (χ0v) is 12.8. The largest absolute Gasteiger partial charge is 1.00 e. The SMILES string of the molecule is O=c1sc([S-])c([S-])s1.[Na+].[Na+]. The molecule has 0 radical (unpaired) electrons. The third-order valence-electron chi connectivity index (χ3n) is 0.519. The first kappa shape index (κ1) is 14.8. The van der Waals surface area contributed by atoms with Gasteiger partial charge in [-0.05, 0) is 0 Å². The second-order valence-electron chi connectivity index (χ2n) is 1.03. The molecule has 0 saturated heterocycles. The molecule has 0 aliphatic carbocycles. The average Bonchev–Trinajstić information content (AvgIpc) is 1.85. The summed E-state index contributed by atoms with van der Waals surface area (Å²) in [4.78, 5) is 10.4. The van der Waals surface area contributed by atoms with E-state index < -0.39 is 0 Å². The summed E-state index contributed by atoms with van der Waals surface area (Å²) in [7, 11) is 0. The summed E-state index contributed by atoms with van der Waals surface area (Å²) in [5.41, 5.74) is 0. The van der Waals surface area contributed by atoms with Gasteiger partial charge in [0, 0.05) is 0 Å². The van der Waals surface area contributed by atoms with Crippen molar-refractivity contribution in [1.29, 1.82) is 0 Å². The summed E-state index contributed by atoms with van der Waals surface area (Å²) in [6.07, 6.45) is 0. The van der Waals surface area contributed by atoms with E-state index in [0.29, 0.717) is 8.42 Å². The molecule has 1 aromatic rings. The predicted octanol–water partition coefficient (Wildman–Crippen LogP) is -5.01. The Balaban J connectivity index is 0. The summed E-state index contributed by atoms with van der Waals surface area (Å²) in [5.74, 6) is 0. The standard InChI is InChI=1S/C3H2OS4.2Na/c4-3-7-1(5)2(6)8-3;;/h5-6H;;/q;2*+1/p-2. The van der Waals surface area contributed by atoms with Crippen LogP contribution in [0.25, 0.3) is 0 Å². The zero-order chi connectivity index (χ0) is 6.15. The Bertz CT molecular complexity index is 218. The van der Waals surface area contributed by atoms with Crippen LogP contribution < -0.4 is 63.2 Å². The van der Waals surface area contributed by atoms with Crippen molar-refractivity contribution in [2.24, 2.45) is 0 Å². The van der Waals surface area contributed by atoms with E-state index in [1.165, 1.54) is 0 Å². The van der Waals surface area contributed by atoms with Crippen molar-refractivity contribution in [2.45, 2.75) is 8.42 Å². The van der Waals surface area contributed by atoms with Crippen LogP contribution in [0.3, 0.4) is 0 Å². The molecule has 0 unspecified atom stereocenters. The first-order valence-electron chi connectivity index (χ1n) is 1.68. The molecule has 10 heavy (non-hydrogen) atoms. The molecule has 0 amide bonds. The van der Waals surface area contributed by atoms with Crippen LogP contribution in [0, 0.1) is 0 Å². The summed E-state index contributed by atoms with van der Waals surface area (Å²) < 4.78 is 1.10. The molecule has 0 spiro atoms. The third-order valence-corrected chi connectivity index (χ3v) is 3.56. The van der Waals surface area contributed by atoms with Gasteiger partial charge in [-0.2, -0.15) is 0 Å². The van der Waals surface area contributed by atoms with Gasteiger partial charge in [-0.25, -0.2) is 0 Å². The molecule has 0 aliphatic rings. The molecule has 0 bridgehead atoms. The Hall–Kier alpha value is 2.29. The van der Waals surface area contributed by atoms with E-state index in [2.05, 4.69) is 0 Å². The molecule has 1 rings (SSSR count). The van der Waals surface area contributed by atoms with Crippen molar-refractivity contribution in [3.63, 3.8) is 0 Å². The van der Waals surface area contributed by atoms with Crippen molar-refractivity contribution in [2.75, 3.05) is 0 Å². The molecule has 1 aromatic heterocycles. The van der Waals surface area contributed by atoms with Crippen molar-refractivity contribution in [1.82, 2.24) is 0 Å². The molecule has 1 nitrogen and oxygen atoms in total. The van der Waals surface area contributed by atoms with Crippen molar-refractivity contribution >= 4 is 47.9 Å². The minimum atomic E-state index is 0. The molecular formula is C3Na2OS4. The van der Waals surface area contributed by atoms with Crippen LogP contribution in [0.5, 0.6) is 0 Å². The molecule has 44 valence electrons. The van der Waals surface area contributed by atoms with Crippen LogP contribution in [-0.4, -0.2) is 0 Å². The van der Waals surface area contributed by atoms with Crippen LogP contribution in [0.4, 0.5) is 0 Å². The van der Waals surface area contributed by atoms with E-state index in [4.69, 9.17) is 25.3 Å². The number of hydrogen-bond donors (Lipinski definition) is 0. The fourth-order valence-electron chi connectivity index (χ4n) is 0.256. The van der Waals surface area contributed by atoms with Gasteiger partial charge in [0.2, 0.25) is 0 Å². The smallest absolute Gasteiger partial charge is 0.429 e. The van der Waals surface area contributed by atoms with Crippen LogP contribution in [-0.2, 0) is 25.3 Å². The molecule has 0 saturated carbocycles. The molecular weight excluding hydrogens is 226 g/mol. The topological polar surface area (TPSA) is 17.1 Å². The maximum Gasteiger partial charge on any atom is 1.00 e. The first-order chi connectivity index (χ1) is 3.70. The van der Waals surface area contributed by atoms with E-state index in [-0.39, 0.29) is 63.2 Å². The van der Waals surface area contributed by atoms with Gasteiger partial charge in [0.05, 0.1) is 0 Å².